The summed E-state index contributed by atoms with van der Waals surface area (Å²) in [7, 11) is 1.59. The van der Waals surface area contributed by atoms with E-state index in [2.05, 4.69) is 0 Å². The van der Waals surface area contributed by atoms with E-state index in [9.17, 15) is 5.26 Å². The third kappa shape index (κ3) is 2.27. The molecule has 98 valence electrons. The van der Waals surface area contributed by atoms with Gasteiger partial charge in [0, 0.05) is 19.9 Å². The lowest BCUT2D eigenvalue weighted by atomic mass is 9.95. The summed E-state index contributed by atoms with van der Waals surface area (Å²) in [6, 6.07) is 8.32. The number of benzene rings is 1. The maximum atomic E-state index is 9.46. The molecule has 0 radical (unpaired) electrons. The quantitative estimate of drug-likeness (QED) is 0.747. The largest absolute Gasteiger partial charge is 0.214 e. The molecule has 0 fully saturated rings. The Morgan fingerprint density at radius 3 is 2.40 bits per heavy atom. The average Bonchev–Trinajstić information content (AvgIpc) is 2.52. The van der Waals surface area contributed by atoms with Crippen LogP contribution < -0.4 is 4.57 Å². The van der Waals surface area contributed by atoms with Crippen molar-refractivity contribution >= 4 is 0 Å². The summed E-state index contributed by atoms with van der Waals surface area (Å²) in [5.74, 6) is 0. The van der Waals surface area contributed by atoms with Crippen LogP contribution in [0.1, 0.15) is 36.0 Å². The maximum Gasteiger partial charge on any atom is 0.214 e. The van der Waals surface area contributed by atoms with Crippen molar-refractivity contribution in [2.45, 2.75) is 20.6 Å². The second-order valence-corrected chi connectivity index (χ2v) is 4.54. The van der Waals surface area contributed by atoms with Gasteiger partial charge in [0.05, 0.1) is 22.8 Å². The van der Waals surface area contributed by atoms with E-state index in [1.165, 1.54) is 22.9 Å². The first-order valence-electron chi connectivity index (χ1n) is 8.90. The summed E-state index contributed by atoms with van der Waals surface area (Å²) in [4.78, 5) is 0. The first-order chi connectivity index (χ1) is 11.9. The van der Waals surface area contributed by atoms with Crippen LogP contribution in [0.2, 0.25) is 0 Å². The predicted octanol–water partition coefficient (Wildman–Crippen LogP) is 2.85. The van der Waals surface area contributed by atoms with Crippen LogP contribution in [0.4, 0.5) is 0 Å². The number of pyridine rings is 1. The van der Waals surface area contributed by atoms with Crippen molar-refractivity contribution in [3.05, 3.63) is 52.2 Å². The van der Waals surface area contributed by atoms with Crippen LogP contribution in [0.3, 0.4) is 0 Å². The van der Waals surface area contributed by atoms with Gasteiger partial charge in [-0.3, -0.25) is 0 Å². The van der Waals surface area contributed by atoms with E-state index in [-0.39, 0.29) is 16.7 Å². The number of hydrogen-bond donors (Lipinski definition) is 0. The zero-order valence-corrected chi connectivity index (χ0v) is 11.2. The van der Waals surface area contributed by atoms with Crippen molar-refractivity contribution < 1.29 is 12.8 Å². The number of rotatable bonds is 1. The van der Waals surface area contributed by atoms with Crippen molar-refractivity contribution in [2.24, 2.45) is 7.05 Å². The molecule has 0 N–H and O–H groups in total. The van der Waals surface area contributed by atoms with Crippen molar-refractivity contribution in [3.8, 4) is 23.4 Å². The highest BCUT2D eigenvalue weighted by molar-refractivity contribution is 5.71. The molecule has 2 aromatic rings. The molecule has 1 heterocycles. The molecule has 2 rings (SSSR count). The molecule has 0 amide bonds. The molecule has 1 aromatic carbocycles. The van der Waals surface area contributed by atoms with Crippen molar-refractivity contribution in [3.63, 3.8) is 0 Å². The van der Waals surface area contributed by atoms with E-state index in [4.69, 9.17) is 13.5 Å². The number of nitriles is 2. The van der Waals surface area contributed by atoms with Crippen LogP contribution >= 0.6 is 0 Å². The minimum Gasteiger partial charge on any atom is -0.201 e. The van der Waals surface area contributed by atoms with Gasteiger partial charge in [-0.25, -0.2) is 4.57 Å². The van der Waals surface area contributed by atoms with Gasteiger partial charge in [-0.15, -0.1) is 0 Å². The Morgan fingerprint density at radius 2 is 1.80 bits per heavy atom. The fourth-order valence-corrected chi connectivity index (χ4v) is 2.18. The molecule has 0 aliphatic carbocycles. The van der Waals surface area contributed by atoms with E-state index in [1.807, 2.05) is 12.1 Å². The molecule has 0 atom stereocenters. The van der Waals surface area contributed by atoms with Gasteiger partial charge in [0.1, 0.15) is 13.1 Å². The molecule has 0 spiro atoms. The summed E-state index contributed by atoms with van der Waals surface area (Å²) in [5.41, 5.74) is 1.48. The van der Waals surface area contributed by atoms with Gasteiger partial charge in [-0.2, -0.15) is 10.5 Å². The van der Waals surface area contributed by atoms with Crippen LogP contribution in [0.5, 0.6) is 0 Å². The average molecular weight is 268 g/mol. The lowest BCUT2D eigenvalue weighted by molar-refractivity contribution is -0.660. The van der Waals surface area contributed by atoms with Crippen LogP contribution in [0, 0.1) is 43.3 Å². The summed E-state index contributed by atoms with van der Waals surface area (Å²) >= 11 is 0. The highest BCUT2D eigenvalue weighted by Gasteiger charge is 2.19. The molecule has 0 unspecified atom stereocenters. The molecule has 3 nitrogen and oxygen atoms in total. The Labute approximate surface area is 127 Å². The Bertz CT molecular complexity index is 959. The van der Waals surface area contributed by atoms with Crippen molar-refractivity contribution in [2.75, 3.05) is 0 Å². The van der Waals surface area contributed by atoms with E-state index >= 15 is 0 Å². The normalized spacial score (nSPS) is 15.6. The zero-order chi connectivity index (χ0) is 19.9. The monoisotopic (exact) mass is 268 g/mol. The summed E-state index contributed by atoms with van der Waals surface area (Å²) in [5, 5.41) is 18.5. The van der Waals surface area contributed by atoms with Gasteiger partial charge in [-0.05, 0) is 43.9 Å². The number of aryl methyl sites for hydroxylation is 4. The molecule has 0 saturated carbocycles. The van der Waals surface area contributed by atoms with Crippen LogP contribution in [0.25, 0.3) is 11.3 Å². The second kappa shape index (κ2) is 5.15. The second-order valence-electron chi connectivity index (χ2n) is 4.54. The van der Waals surface area contributed by atoms with E-state index in [0.29, 0.717) is 22.4 Å². The van der Waals surface area contributed by atoms with Crippen LogP contribution in [-0.2, 0) is 7.05 Å². The summed E-state index contributed by atoms with van der Waals surface area (Å²) < 4.78 is 47.5. The Kier molecular flexibility index (Phi) is 2.01. The van der Waals surface area contributed by atoms with Gasteiger partial charge < -0.3 is 0 Å². The molecule has 20 heavy (non-hydrogen) atoms. The van der Waals surface area contributed by atoms with E-state index in [0.717, 1.165) is 0 Å². The van der Waals surface area contributed by atoms with E-state index < -0.39 is 13.7 Å². The van der Waals surface area contributed by atoms with E-state index in [1.54, 1.807) is 20.0 Å². The summed E-state index contributed by atoms with van der Waals surface area (Å²) in [6.45, 7) is -3.50. The van der Waals surface area contributed by atoms with Crippen molar-refractivity contribution in [1.29, 1.82) is 10.5 Å². The number of hydrogen-bond acceptors (Lipinski definition) is 2. The first-order valence-corrected chi connectivity index (χ1v) is 5.90. The molecule has 0 aliphatic heterocycles. The van der Waals surface area contributed by atoms with Crippen LogP contribution in [0.15, 0.2) is 24.4 Å². The highest BCUT2D eigenvalue weighted by Crippen LogP contribution is 2.27. The standard InChI is InChI=1S/C17H16N3/c1-11-6-16(20(4)10-13(11)3)17-12(2)5-14(8-18)7-15(17)9-19/h5-7,10H,1-4H3/q+1/i1D3,3D3. The zero-order valence-electron chi connectivity index (χ0n) is 17.2. The van der Waals surface area contributed by atoms with Gasteiger partial charge >= 0.3 is 0 Å². The molecular weight excluding hydrogens is 246 g/mol. The minimum atomic E-state index is -2.62. The third-order valence-electron chi connectivity index (χ3n) is 3.12. The predicted molar refractivity (Wildman–Crippen MR) is 76.7 cm³/mol. The Morgan fingerprint density at radius 1 is 1.05 bits per heavy atom. The Balaban J connectivity index is 2.90. The van der Waals surface area contributed by atoms with Gasteiger partial charge in [0.2, 0.25) is 5.69 Å². The topological polar surface area (TPSA) is 51.5 Å². The lowest BCUT2D eigenvalue weighted by Gasteiger charge is -2.09. The molecule has 1 aromatic heterocycles. The summed E-state index contributed by atoms with van der Waals surface area (Å²) in [6.07, 6.45) is 1.27. The first kappa shape index (κ1) is 7.82. The van der Waals surface area contributed by atoms with Gasteiger partial charge in [-0.1, -0.05) is 0 Å². The third-order valence-corrected chi connectivity index (χ3v) is 3.12. The number of nitrogens with zero attached hydrogens (tertiary/aromatic N) is 3. The number of aromatic nitrogens is 1. The van der Waals surface area contributed by atoms with Crippen LogP contribution in [-0.4, -0.2) is 0 Å². The SMILES string of the molecule is [2H]C([2H])([2H])c1cc(-c2c(C)cc(C#N)cc2C#N)[n+](C)cc1C([2H])([2H])[2H]. The van der Waals surface area contributed by atoms with Gasteiger partial charge in [0.15, 0.2) is 6.20 Å². The molecular formula is C17H16N3+. The molecule has 0 saturated heterocycles. The maximum absolute atomic E-state index is 9.46. The fourth-order valence-electron chi connectivity index (χ4n) is 2.18. The molecule has 0 bridgehead atoms. The Hall–Kier alpha value is -2.65. The fraction of sp³-hybridized carbons (Fsp3) is 0.235. The molecule has 3 heteroatoms. The smallest absolute Gasteiger partial charge is 0.201 e. The molecule has 0 aliphatic rings. The lowest BCUT2D eigenvalue weighted by Crippen LogP contribution is -2.32. The van der Waals surface area contributed by atoms with Gasteiger partial charge in [0.25, 0.3) is 0 Å². The highest BCUT2D eigenvalue weighted by atomic mass is 14.9. The minimum absolute atomic E-state index is 0.218. The van der Waals surface area contributed by atoms with Crippen molar-refractivity contribution in [1.82, 2.24) is 0 Å².